The molecule has 0 saturated carbocycles. The summed E-state index contributed by atoms with van der Waals surface area (Å²) in [6.07, 6.45) is 2.89. The summed E-state index contributed by atoms with van der Waals surface area (Å²) in [5, 5.41) is 6.18. The van der Waals surface area contributed by atoms with Crippen LogP contribution in [0.1, 0.15) is 40.0 Å². The van der Waals surface area contributed by atoms with Crippen LogP contribution in [-0.2, 0) is 9.59 Å². The number of amides is 2. The number of nitrogens with one attached hydrogen (secondary N) is 2. The normalized spacial score (nSPS) is 21.7. The van der Waals surface area contributed by atoms with Crippen LogP contribution in [0.15, 0.2) is 0 Å². The van der Waals surface area contributed by atoms with Gasteiger partial charge in [0.05, 0.1) is 5.41 Å². The van der Waals surface area contributed by atoms with E-state index in [0.717, 1.165) is 13.1 Å². The van der Waals surface area contributed by atoms with E-state index in [2.05, 4.69) is 17.6 Å². The van der Waals surface area contributed by atoms with Crippen molar-refractivity contribution in [3.8, 4) is 0 Å². The molecule has 4 N–H and O–H groups in total. The number of primary amides is 1. The van der Waals surface area contributed by atoms with Gasteiger partial charge in [0.15, 0.2) is 0 Å². The number of carbonyl (C=O) groups excluding carboxylic acids is 2. The molecule has 1 heterocycles. The summed E-state index contributed by atoms with van der Waals surface area (Å²) < 4.78 is 0. The fourth-order valence-electron chi connectivity index (χ4n) is 2.30. The molecule has 1 aliphatic heterocycles. The Bertz CT molecular complexity index is 323. The first-order valence-corrected chi connectivity index (χ1v) is 7.10. The number of hydrogen-bond donors (Lipinski definition) is 3. The van der Waals surface area contributed by atoms with Gasteiger partial charge in [-0.25, -0.2) is 0 Å². The molecule has 2 unspecified atom stereocenters. The van der Waals surface area contributed by atoms with E-state index in [4.69, 9.17) is 5.73 Å². The van der Waals surface area contributed by atoms with Crippen molar-refractivity contribution in [2.75, 3.05) is 19.6 Å². The van der Waals surface area contributed by atoms with Crippen molar-refractivity contribution in [1.82, 2.24) is 10.6 Å². The molecular weight excluding hydrogens is 242 g/mol. The van der Waals surface area contributed by atoms with Gasteiger partial charge < -0.3 is 16.4 Å². The zero-order valence-electron chi connectivity index (χ0n) is 12.3. The van der Waals surface area contributed by atoms with E-state index in [1.807, 2.05) is 0 Å². The number of hydrogen-bond acceptors (Lipinski definition) is 3. The maximum absolute atomic E-state index is 11.9. The Morgan fingerprint density at radius 1 is 1.47 bits per heavy atom. The molecule has 1 saturated heterocycles. The molecule has 1 aliphatic rings. The third kappa shape index (κ3) is 5.19. The number of carbonyl (C=O) groups is 2. The van der Waals surface area contributed by atoms with E-state index >= 15 is 0 Å². The van der Waals surface area contributed by atoms with Crippen molar-refractivity contribution < 1.29 is 9.59 Å². The van der Waals surface area contributed by atoms with Crippen molar-refractivity contribution in [3.05, 3.63) is 0 Å². The molecule has 1 fully saturated rings. The predicted octanol–water partition coefficient (Wildman–Crippen LogP) is 0.640. The zero-order chi connectivity index (χ0) is 14.5. The van der Waals surface area contributed by atoms with Gasteiger partial charge in [-0.15, -0.1) is 0 Å². The summed E-state index contributed by atoms with van der Waals surface area (Å²) in [6, 6.07) is 0. The van der Waals surface area contributed by atoms with E-state index in [-0.39, 0.29) is 5.91 Å². The van der Waals surface area contributed by atoms with Gasteiger partial charge in [-0.2, -0.15) is 0 Å². The average Bonchev–Trinajstić information content (AvgIpc) is 2.37. The molecule has 1 rings (SSSR count). The smallest absolute Gasteiger partial charge is 0.224 e. The molecule has 0 spiro atoms. The van der Waals surface area contributed by atoms with E-state index in [1.165, 1.54) is 12.8 Å². The van der Waals surface area contributed by atoms with Gasteiger partial charge in [0.25, 0.3) is 0 Å². The minimum Gasteiger partial charge on any atom is -0.369 e. The molecule has 2 amide bonds. The summed E-state index contributed by atoms with van der Waals surface area (Å²) in [5.41, 5.74) is 4.59. The van der Waals surface area contributed by atoms with E-state index in [9.17, 15) is 9.59 Å². The van der Waals surface area contributed by atoms with Crippen LogP contribution in [0.5, 0.6) is 0 Å². The molecule has 19 heavy (non-hydrogen) atoms. The quantitative estimate of drug-likeness (QED) is 0.661. The van der Waals surface area contributed by atoms with E-state index < -0.39 is 11.3 Å². The van der Waals surface area contributed by atoms with Gasteiger partial charge in [0.2, 0.25) is 11.8 Å². The second-order valence-electron chi connectivity index (χ2n) is 6.31. The molecule has 0 bridgehead atoms. The summed E-state index contributed by atoms with van der Waals surface area (Å²) in [6.45, 7) is 7.99. The number of piperidine rings is 1. The Hall–Kier alpha value is -1.10. The van der Waals surface area contributed by atoms with Crippen molar-refractivity contribution in [3.63, 3.8) is 0 Å². The minimum absolute atomic E-state index is 0.00685. The lowest BCUT2D eigenvalue weighted by Gasteiger charge is -2.28. The standard InChI is InChI=1S/C14H27N3O2/c1-10(11-5-4-6-16-8-11)7-12(18)17-9-14(2,3)13(15)19/h10-11,16H,4-9H2,1-3H3,(H2,15,19)(H,17,18). The highest BCUT2D eigenvalue weighted by Gasteiger charge is 2.26. The SMILES string of the molecule is CC(CC(=O)NCC(C)(C)C(N)=O)C1CCCNC1. The maximum atomic E-state index is 11.9. The maximum Gasteiger partial charge on any atom is 0.224 e. The first-order valence-electron chi connectivity index (χ1n) is 7.10. The highest BCUT2D eigenvalue weighted by molar-refractivity contribution is 5.82. The monoisotopic (exact) mass is 269 g/mol. The zero-order valence-corrected chi connectivity index (χ0v) is 12.3. The van der Waals surface area contributed by atoms with Crippen LogP contribution in [0.4, 0.5) is 0 Å². The summed E-state index contributed by atoms with van der Waals surface area (Å²) in [5.74, 6) is 0.554. The molecule has 0 aliphatic carbocycles. The van der Waals surface area contributed by atoms with Gasteiger partial charge >= 0.3 is 0 Å². The lowest BCUT2D eigenvalue weighted by molar-refractivity contribution is -0.127. The first kappa shape index (κ1) is 16.0. The van der Waals surface area contributed by atoms with E-state index in [1.54, 1.807) is 13.8 Å². The van der Waals surface area contributed by atoms with Gasteiger partial charge in [-0.1, -0.05) is 6.92 Å². The summed E-state index contributed by atoms with van der Waals surface area (Å²) >= 11 is 0. The predicted molar refractivity (Wildman–Crippen MR) is 75.4 cm³/mol. The van der Waals surface area contributed by atoms with Crippen molar-refractivity contribution in [1.29, 1.82) is 0 Å². The Morgan fingerprint density at radius 3 is 2.68 bits per heavy atom. The minimum atomic E-state index is -0.689. The topological polar surface area (TPSA) is 84.2 Å². The highest BCUT2D eigenvalue weighted by Crippen LogP contribution is 2.22. The molecule has 5 heteroatoms. The van der Waals surface area contributed by atoms with Crippen LogP contribution in [0.25, 0.3) is 0 Å². The Kier molecular flexibility index (Phi) is 5.79. The van der Waals surface area contributed by atoms with Crippen LogP contribution >= 0.6 is 0 Å². The second kappa shape index (κ2) is 6.89. The van der Waals surface area contributed by atoms with Crippen LogP contribution in [0, 0.1) is 17.3 Å². The molecule has 0 radical (unpaired) electrons. The fraction of sp³-hybridized carbons (Fsp3) is 0.857. The van der Waals surface area contributed by atoms with Crippen LogP contribution in [0.2, 0.25) is 0 Å². The van der Waals surface area contributed by atoms with Gasteiger partial charge in [-0.05, 0) is 51.6 Å². The first-order chi connectivity index (χ1) is 8.83. The highest BCUT2D eigenvalue weighted by atomic mass is 16.2. The molecule has 5 nitrogen and oxygen atoms in total. The third-order valence-corrected chi connectivity index (χ3v) is 4.04. The molecule has 2 atom stereocenters. The molecule has 0 aromatic carbocycles. The van der Waals surface area contributed by atoms with Crippen molar-refractivity contribution in [2.45, 2.75) is 40.0 Å². The molecule has 0 aromatic rings. The summed E-state index contributed by atoms with van der Waals surface area (Å²) in [4.78, 5) is 23.0. The number of nitrogens with two attached hydrogens (primary N) is 1. The van der Waals surface area contributed by atoms with Crippen LogP contribution < -0.4 is 16.4 Å². The van der Waals surface area contributed by atoms with Gasteiger partial charge in [0, 0.05) is 13.0 Å². The van der Waals surface area contributed by atoms with Gasteiger partial charge in [-0.3, -0.25) is 9.59 Å². The largest absolute Gasteiger partial charge is 0.369 e. The Labute approximate surface area is 115 Å². The number of rotatable bonds is 6. The third-order valence-electron chi connectivity index (χ3n) is 4.04. The van der Waals surface area contributed by atoms with Crippen molar-refractivity contribution >= 4 is 11.8 Å². The Morgan fingerprint density at radius 2 is 2.16 bits per heavy atom. The average molecular weight is 269 g/mol. The molecule has 0 aromatic heterocycles. The molecule has 110 valence electrons. The van der Waals surface area contributed by atoms with Crippen LogP contribution in [0.3, 0.4) is 0 Å². The molecular formula is C14H27N3O2. The van der Waals surface area contributed by atoms with E-state index in [0.29, 0.717) is 24.8 Å². The Balaban J connectivity index is 2.32. The lowest BCUT2D eigenvalue weighted by Crippen LogP contribution is -2.43. The van der Waals surface area contributed by atoms with Crippen LogP contribution in [-0.4, -0.2) is 31.4 Å². The fourth-order valence-corrected chi connectivity index (χ4v) is 2.30. The second-order valence-corrected chi connectivity index (χ2v) is 6.31. The van der Waals surface area contributed by atoms with Gasteiger partial charge in [0.1, 0.15) is 0 Å². The lowest BCUT2D eigenvalue weighted by atomic mass is 9.85. The van der Waals surface area contributed by atoms with Crippen molar-refractivity contribution in [2.24, 2.45) is 23.0 Å². The summed E-state index contributed by atoms with van der Waals surface area (Å²) in [7, 11) is 0.